The second-order valence-electron chi connectivity index (χ2n) is 5.17. The van der Waals surface area contributed by atoms with Crippen molar-refractivity contribution in [2.45, 2.75) is 18.8 Å². The van der Waals surface area contributed by atoms with Gasteiger partial charge in [0, 0.05) is 12.0 Å². The number of thiazole rings is 1. The van der Waals surface area contributed by atoms with Crippen molar-refractivity contribution in [3.8, 4) is 5.75 Å². The predicted octanol–water partition coefficient (Wildman–Crippen LogP) is 3.42. The molecule has 0 unspecified atom stereocenters. The number of para-hydroxylation sites is 1. The highest BCUT2D eigenvalue weighted by atomic mass is 32.1. The maximum atomic E-state index is 12.2. The molecule has 2 heterocycles. The molecule has 112 valence electrons. The first-order valence-electron chi connectivity index (χ1n) is 6.96. The number of hydrogen-bond donors (Lipinski definition) is 1. The van der Waals surface area contributed by atoms with Crippen LogP contribution >= 0.6 is 11.3 Å². The molecule has 1 aliphatic carbocycles. The second-order valence-corrected chi connectivity index (χ2v) is 6.20. The Kier molecular flexibility index (Phi) is 3.07. The van der Waals surface area contributed by atoms with Crippen LogP contribution in [0, 0.1) is 0 Å². The molecule has 0 spiro atoms. The molecule has 1 saturated carbocycles. The van der Waals surface area contributed by atoms with Crippen LogP contribution in [-0.2, 0) is 0 Å². The lowest BCUT2D eigenvalue weighted by molar-refractivity contribution is 0.101. The standard InChI is InChI=1S/C15H13N3O3S/c1-20-10-3-2-4-12-13(10)16-15(22-12)17-14(19)9-7-11(21-18-9)8-5-6-8/h2-4,7-8H,5-6H2,1H3,(H,16,17,19). The van der Waals surface area contributed by atoms with E-state index in [2.05, 4.69) is 15.5 Å². The largest absolute Gasteiger partial charge is 0.494 e. The van der Waals surface area contributed by atoms with Crippen molar-refractivity contribution in [1.29, 1.82) is 0 Å². The molecule has 3 aromatic rings. The average molecular weight is 315 g/mol. The number of fused-ring (bicyclic) bond motifs is 1. The van der Waals surface area contributed by atoms with Gasteiger partial charge in [-0.3, -0.25) is 10.1 Å². The maximum absolute atomic E-state index is 12.2. The minimum atomic E-state index is -0.311. The Labute approximate surface area is 130 Å². The van der Waals surface area contributed by atoms with Gasteiger partial charge in [0.2, 0.25) is 0 Å². The summed E-state index contributed by atoms with van der Waals surface area (Å²) in [6, 6.07) is 7.38. The van der Waals surface area contributed by atoms with Crippen molar-refractivity contribution in [1.82, 2.24) is 10.1 Å². The van der Waals surface area contributed by atoms with E-state index in [0.717, 1.165) is 28.8 Å². The van der Waals surface area contributed by atoms with Crippen LogP contribution in [0.4, 0.5) is 5.13 Å². The van der Waals surface area contributed by atoms with E-state index in [1.54, 1.807) is 13.2 Å². The zero-order valence-corrected chi connectivity index (χ0v) is 12.6. The summed E-state index contributed by atoms with van der Waals surface area (Å²) in [6.45, 7) is 0. The number of benzene rings is 1. The summed E-state index contributed by atoms with van der Waals surface area (Å²) < 4.78 is 11.4. The smallest absolute Gasteiger partial charge is 0.279 e. The zero-order valence-electron chi connectivity index (χ0n) is 11.8. The lowest BCUT2D eigenvalue weighted by Gasteiger charge is -1.98. The molecular formula is C15H13N3O3S. The summed E-state index contributed by atoms with van der Waals surface area (Å²) in [7, 11) is 1.60. The van der Waals surface area contributed by atoms with Gasteiger partial charge in [-0.05, 0) is 25.0 Å². The lowest BCUT2D eigenvalue weighted by Crippen LogP contribution is -2.11. The summed E-state index contributed by atoms with van der Waals surface area (Å²) in [6.07, 6.45) is 2.21. The lowest BCUT2D eigenvalue weighted by atomic mass is 10.3. The minimum Gasteiger partial charge on any atom is -0.494 e. The molecule has 6 nitrogen and oxygen atoms in total. The molecule has 2 aromatic heterocycles. The third-order valence-electron chi connectivity index (χ3n) is 3.56. The number of hydrogen-bond acceptors (Lipinski definition) is 6. The molecule has 1 aliphatic rings. The predicted molar refractivity (Wildman–Crippen MR) is 82.6 cm³/mol. The summed E-state index contributed by atoms with van der Waals surface area (Å²) in [4.78, 5) is 16.6. The molecule has 0 bridgehead atoms. The third kappa shape index (κ3) is 2.33. The highest BCUT2D eigenvalue weighted by Gasteiger charge is 2.29. The Morgan fingerprint density at radius 1 is 1.45 bits per heavy atom. The van der Waals surface area contributed by atoms with Crippen molar-refractivity contribution in [3.63, 3.8) is 0 Å². The molecule has 1 N–H and O–H groups in total. The van der Waals surface area contributed by atoms with Gasteiger partial charge >= 0.3 is 0 Å². The fourth-order valence-corrected chi connectivity index (χ4v) is 3.14. The van der Waals surface area contributed by atoms with Crippen molar-refractivity contribution >= 4 is 32.6 Å². The van der Waals surface area contributed by atoms with Crippen LogP contribution in [-0.4, -0.2) is 23.2 Å². The van der Waals surface area contributed by atoms with Crippen LogP contribution < -0.4 is 10.1 Å². The van der Waals surface area contributed by atoms with Crippen molar-refractivity contribution < 1.29 is 14.1 Å². The molecule has 22 heavy (non-hydrogen) atoms. The number of aromatic nitrogens is 2. The quantitative estimate of drug-likeness (QED) is 0.798. The number of nitrogens with one attached hydrogen (secondary N) is 1. The molecule has 0 aliphatic heterocycles. The first kappa shape index (κ1) is 13.3. The molecule has 4 rings (SSSR count). The van der Waals surface area contributed by atoms with Gasteiger partial charge < -0.3 is 9.26 Å². The van der Waals surface area contributed by atoms with Gasteiger partial charge in [0.25, 0.3) is 5.91 Å². The van der Waals surface area contributed by atoms with Gasteiger partial charge in [-0.25, -0.2) is 4.98 Å². The molecular weight excluding hydrogens is 302 g/mol. The highest BCUT2D eigenvalue weighted by molar-refractivity contribution is 7.22. The van der Waals surface area contributed by atoms with E-state index >= 15 is 0 Å². The van der Waals surface area contributed by atoms with Crippen molar-refractivity contribution in [3.05, 3.63) is 35.7 Å². The van der Waals surface area contributed by atoms with Gasteiger partial charge in [0.15, 0.2) is 10.8 Å². The molecule has 7 heteroatoms. The average Bonchev–Trinajstić information content (AvgIpc) is 3.10. The van der Waals surface area contributed by atoms with Gasteiger partial charge in [0.05, 0.1) is 11.8 Å². The SMILES string of the molecule is COc1cccc2sc(NC(=O)c3cc(C4CC4)on3)nc12. The number of amides is 1. The first-order valence-corrected chi connectivity index (χ1v) is 7.78. The number of anilines is 1. The Hall–Kier alpha value is -2.41. The van der Waals surface area contributed by atoms with E-state index < -0.39 is 0 Å². The zero-order chi connectivity index (χ0) is 15.1. The van der Waals surface area contributed by atoms with Crippen LogP contribution in [0.1, 0.15) is 35.0 Å². The molecule has 0 radical (unpaired) electrons. The number of nitrogens with zero attached hydrogens (tertiary/aromatic N) is 2. The number of methoxy groups -OCH3 is 1. The Morgan fingerprint density at radius 3 is 3.09 bits per heavy atom. The molecule has 0 saturated heterocycles. The number of ether oxygens (including phenoxy) is 1. The topological polar surface area (TPSA) is 77.2 Å². The van der Waals surface area contributed by atoms with E-state index in [4.69, 9.17) is 9.26 Å². The molecule has 1 aromatic carbocycles. The Morgan fingerprint density at radius 2 is 2.32 bits per heavy atom. The van der Waals surface area contributed by atoms with Crippen molar-refractivity contribution in [2.24, 2.45) is 0 Å². The third-order valence-corrected chi connectivity index (χ3v) is 4.50. The summed E-state index contributed by atoms with van der Waals surface area (Å²) >= 11 is 1.39. The Balaban J connectivity index is 1.58. The van der Waals surface area contributed by atoms with Gasteiger partial charge in [0.1, 0.15) is 17.0 Å². The molecule has 1 amide bonds. The van der Waals surface area contributed by atoms with Crippen LogP contribution in [0.2, 0.25) is 0 Å². The fraction of sp³-hybridized carbons (Fsp3) is 0.267. The van der Waals surface area contributed by atoms with E-state index in [-0.39, 0.29) is 11.6 Å². The normalized spacial score (nSPS) is 14.2. The van der Waals surface area contributed by atoms with Gasteiger partial charge in [-0.15, -0.1) is 0 Å². The molecule has 1 fully saturated rings. The fourth-order valence-electron chi connectivity index (χ4n) is 2.26. The van der Waals surface area contributed by atoms with Crippen LogP contribution in [0.25, 0.3) is 10.2 Å². The van der Waals surface area contributed by atoms with E-state index in [9.17, 15) is 4.79 Å². The second kappa shape index (κ2) is 5.10. The van der Waals surface area contributed by atoms with E-state index in [1.165, 1.54) is 11.3 Å². The van der Waals surface area contributed by atoms with Gasteiger partial charge in [-0.1, -0.05) is 22.6 Å². The minimum absolute atomic E-state index is 0.285. The van der Waals surface area contributed by atoms with Crippen molar-refractivity contribution in [2.75, 3.05) is 12.4 Å². The monoisotopic (exact) mass is 315 g/mol. The number of carbonyl (C=O) groups is 1. The van der Waals surface area contributed by atoms with Crippen LogP contribution in [0.3, 0.4) is 0 Å². The maximum Gasteiger partial charge on any atom is 0.279 e. The summed E-state index contributed by atoms with van der Waals surface area (Å²) in [5, 5.41) is 7.10. The van der Waals surface area contributed by atoms with E-state index in [1.807, 2.05) is 18.2 Å². The number of carbonyl (C=O) groups excluding carboxylic acids is 1. The van der Waals surface area contributed by atoms with Crippen LogP contribution in [0.15, 0.2) is 28.8 Å². The highest BCUT2D eigenvalue weighted by Crippen LogP contribution is 2.40. The molecule has 0 atom stereocenters. The van der Waals surface area contributed by atoms with Crippen LogP contribution in [0.5, 0.6) is 5.75 Å². The Bertz CT molecular complexity index is 851. The van der Waals surface area contributed by atoms with E-state index in [0.29, 0.717) is 16.8 Å². The van der Waals surface area contributed by atoms with Gasteiger partial charge in [-0.2, -0.15) is 0 Å². The number of rotatable bonds is 4. The summed E-state index contributed by atoms with van der Waals surface area (Å²) in [5.41, 5.74) is 1.03. The summed E-state index contributed by atoms with van der Waals surface area (Å²) in [5.74, 6) is 1.59. The first-order chi connectivity index (χ1) is 10.7.